The van der Waals surface area contributed by atoms with E-state index in [1.54, 1.807) is 7.11 Å². The van der Waals surface area contributed by atoms with Crippen molar-refractivity contribution in [3.8, 4) is 5.75 Å². The van der Waals surface area contributed by atoms with Crippen LogP contribution in [0.3, 0.4) is 0 Å². The third-order valence-corrected chi connectivity index (χ3v) is 3.57. The molecular weight excluding hydrogens is 242 g/mol. The minimum atomic E-state index is -0.252. The first kappa shape index (κ1) is 16.0. The predicted octanol–water partition coefficient (Wildman–Crippen LogP) is 1.11. The molecular formula is C15H25NO3. The maximum atomic E-state index is 9.01. The summed E-state index contributed by atoms with van der Waals surface area (Å²) in [5.74, 6) is 0.948. The molecule has 1 aromatic rings. The number of methoxy groups -OCH3 is 1. The standard InChI is InChI=1S/C15H25NO3/c1-10-7-11(2)14(15(19-4)12(10)3)5-6-16-13(8-17)9-18/h7,13,16-18H,5-6,8-9H2,1-4H3. The van der Waals surface area contributed by atoms with Crippen LogP contribution in [-0.2, 0) is 6.42 Å². The number of nitrogens with one attached hydrogen (secondary N) is 1. The number of aryl methyl sites for hydroxylation is 2. The number of rotatable bonds is 7. The summed E-state index contributed by atoms with van der Waals surface area (Å²) >= 11 is 0. The zero-order valence-corrected chi connectivity index (χ0v) is 12.3. The molecule has 4 nitrogen and oxygen atoms in total. The molecule has 19 heavy (non-hydrogen) atoms. The van der Waals surface area contributed by atoms with Gasteiger partial charge in [0.05, 0.1) is 26.4 Å². The zero-order valence-electron chi connectivity index (χ0n) is 12.3. The molecule has 0 heterocycles. The Kier molecular flexibility index (Phi) is 6.28. The monoisotopic (exact) mass is 267 g/mol. The predicted molar refractivity (Wildman–Crippen MR) is 76.9 cm³/mol. The molecule has 0 radical (unpaired) electrons. The number of benzene rings is 1. The number of hydrogen-bond donors (Lipinski definition) is 3. The molecule has 0 atom stereocenters. The van der Waals surface area contributed by atoms with Crippen LogP contribution in [-0.4, -0.2) is 43.1 Å². The highest BCUT2D eigenvalue weighted by atomic mass is 16.5. The average molecular weight is 267 g/mol. The lowest BCUT2D eigenvalue weighted by molar-refractivity contribution is 0.171. The molecule has 0 aliphatic heterocycles. The van der Waals surface area contributed by atoms with E-state index in [-0.39, 0.29) is 19.3 Å². The SMILES string of the molecule is COc1c(C)c(C)cc(C)c1CCNC(CO)CO. The van der Waals surface area contributed by atoms with Gasteiger partial charge in [-0.25, -0.2) is 0 Å². The first-order valence-corrected chi connectivity index (χ1v) is 6.63. The number of hydrogen-bond acceptors (Lipinski definition) is 4. The highest BCUT2D eigenvalue weighted by molar-refractivity contribution is 5.49. The topological polar surface area (TPSA) is 61.7 Å². The van der Waals surface area contributed by atoms with Gasteiger partial charge < -0.3 is 20.3 Å². The Bertz CT molecular complexity index is 414. The van der Waals surface area contributed by atoms with Crippen LogP contribution < -0.4 is 10.1 Å². The van der Waals surface area contributed by atoms with Crippen LogP contribution in [0.2, 0.25) is 0 Å². The lowest BCUT2D eigenvalue weighted by Gasteiger charge is -2.18. The van der Waals surface area contributed by atoms with E-state index < -0.39 is 0 Å². The van der Waals surface area contributed by atoms with Crippen molar-refractivity contribution >= 4 is 0 Å². The van der Waals surface area contributed by atoms with Crippen LogP contribution in [0.1, 0.15) is 22.3 Å². The summed E-state index contributed by atoms with van der Waals surface area (Å²) in [4.78, 5) is 0. The second-order valence-corrected chi connectivity index (χ2v) is 4.91. The van der Waals surface area contributed by atoms with Gasteiger partial charge in [-0.05, 0) is 56.0 Å². The summed E-state index contributed by atoms with van der Waals surface area (Å²) in [7, 11) is 1.70. The summed E-state index contributed by atoms with van der Waals surface area (Å²) < 4.78 is 5.52. The van der Waals surface area contributed by atoms with Gasteiger partial charge in [-0.2, -0.15) is 0 Å². The van der Waals surface area contributed by atoms with Crippen molar-refractivity contribution in [2.24, 2.45) is 0 Å². The molecule has 3 N–H and O–H groups in total. The smallest absolute Gasteiger partial charge is 0.125 e. The summed E-state index contributed by atoms with van der Waals surface area (Å²) in [5.41, 5.74) is 4.80. The van der Waals surface area contributed by atoms with Crippen LogP contribution in [0.4, 0.5) is 0 Å². The van der Waals surface area contributed by atoms with Gasteiger partial charge in [0.25, 0.3) is 0 Å². The highest BCUT2D eigenvalue weighted by Gasteiger charge is 2.12. The van der Waals surface area contributed by atoms with E-state index in [2.05, 4.69) is 32.2 Å². The molecule has 0 fully saturated rings. The van der Waals surface area contributed by atoms with Crippen LogP contribution in [0.15, 0.2) is 6.07 Å². The quantitative estimate of drug-likeness (QED) is 0.692. The molecule has 0 spiro atoms. The Hall–Kier alpha value is -1.10. The average Bonchev–Trinajstić information content (AvgIpc) is 2.40. The fraction of sp³-hybridized carbons (Fsp3) is 0.600. The van der Waals surface area contributed by atoms with Gasteiger partial charge in [-0.3, -0.25) is 0 Å². The van der Waals surface area contributed by atoms with Gasteiger partial charge >= 0.3 is 0 Å². The van der Waals surface area contributed by atoms with Crippen molar-refractivity contribution in [1.82, 2.24) is 5.32 Å². The van der Waals surface area contributed by atoms with E-state index in [0.29, 0.717) is 6.54 Å². The maximum Gasteiger partial charge on any atom is 0.125 e. The van der Waals surface area contributed by atoms with Crippen molar-refractivity contribution < 1.29 is 14.9 Å². The maximum absolute atomic E-state index is 9.01. The zero-order chi connectivity index (χ0) is 14.4. The number of aliphatic hydroxyl groups excluding tert-OH is 2. The van der Waals surface area contributed by atoms with Crippen LogP contribution >= 0.6 is 0 Å². The van der Waals surface area contributed by atoms with Crippen molar-refractivity contribution in [2.75, 3.05) is 26.9 Å². The fourth-order valence-corrected chi connectivity index (χ4v) is 2.28. The van der Waals surface area contributed by atoms with E-state index in [4.69, 9.17) is 14.9 Å². The second kappa shape index (κ2) is 7.48. The van der Waals surface area contributed by atoms with Crippen LogP contribution in [0, 0.1) is 20.8 Å². The molecule has 0 bridgehead atoms. The van der Waals surface area contributed by atoms with E-state index in [0.717, 1.165) is 12.2 Å². The van der Waals surface area contributed by atoms with Crippen molar-refractivity contribution in [2.45, 2.75) is 33.2 Å². The van der Waals surface area contributed by atoms with Gasteiger partial charge in [0.2, 0.25) is 0 Å². The Labute approximate surface area is 115 Å². The summed E-state index contributed by atoms with van der Waals surface area (Å²) in [6.07, 6.45) is 0.812. The lowest BCUT2D eigenvalue weighted by atomic mass is 9.97. The minimum Gasteiger partial charge on any atom is -0.496 e. The third-order valence-electron chi connectivity index (χ3n) is 3.57. The van der Waals surface area contributed by atoms with E-state index in [1.807, 2.05) is 0 Å². The first-order valence-electron chi connectivity index (χ1n) is 6.63. The highest BCUT2D eigenvalue weighted by Crippen LogP contribution is 2.29. The van der Waals surface area contributed by atoms with Gasteiger partial charge in [0.1, 0.15) is 5.75 Å². The molecule has 0 saturated carbocycles. The van der Waals surface area contributed by atoms with E-state index in [9.17, 15) is 0 Å². The Morgan fingerprint density at radius 1 is 1.16 bits per heavy atom. The lowest BCUT2D eigenvalue weighted by Crippen LogP contribution is -2.37. The van der Waals surface area contributed by atoms with Crippen LogP contribution in [0.5, 0.6) is 5.75 Å². The van der Waals surface area contributed by atoms with Crippen molar-refractivity contribution in [3.05, 3.63) is 28.3 Å². The summed E-state index contributed by atoms with van der Waals surface area (Å²) in [5, 5.41) is 21.1. The summed E-state index contributed by atoms with van der Waals surface area (Å²) in [6, 6.07) is 1.92. The van der Waals surface area contributed by atoms with Crippen LogP contribution in [0.25, 0.3) is 0 Å². The van der Waals surface area contributed by atoms with Gasteiger partial charge in [-0.1, -0.05) is 6.07 Å². The molecule has 4 heteroatoms. The van der Waals surface area contributed by atoms with Crippen molar-refractivity contribution in [3.63, 3.8) is 0 Å². The fourth-order valence-electron chi connectivity index (χ4n) is 2.28. The third kappa shape index (κ3) is 3.93. The normalized spacial score (nSPS) is 11.1. The molecule has 1 rings (SSSR count). The molecule has 0 aromatic heterocycles. The molecule has 0 aliphatic carbocycles. The van der Waals surface area contributed by atoms with E-state index >= 15 is 0 Å². The Morgan fingerprint density at radius 3 is 2.32 bits per heavy atom. The van der Waals surface area contributed by atoms with E-state index in [1.165, 1.54) is 22.3 Å². The summed E-state index contributed by atoms with van der Waals surface area (Å²) in [6.45, 7) is 6.82. The van der Waals surface area contributed by atoms with Gasteiger partial charge in [0, 0.05) is 0 Å². The molecule has 1 aromatic carbocycles. The van der Waals surface area contributed by atoms with Crippen molar-refractivity contribution in [1.29, 1.82) is 0 Å². The Morgan fingerprint density at radius 2 is 1.79 bits per heavy atom. The van der Waals surface area contributed by atoms with Gasteiger partial charge in [-0.15, -0.1) is 0 Å². The molecule has 0 amide bonds. The Balaban J connectivity index is 2.80. The first-order chi connectivity index (χ1) is 9.04. The minimum absolute atomic E-state index is 0.0560. The molecule has 0 saturated heterocycles. The molecule has 0 unspecified atom stereocenters. The largest absolute Gasteiger partial charge is 0.496 e. The molecule has 108 valence electrons. The number of ether oxygens (including phenoxy) is 1. The van der Waals surface area contributed by atoms with Gasteiger partial charge in [0.15, 0.2) is 0 Å². The second-order valence-electron chi connectivity index (χ2n) is 4.91. The molecule has 0 aliphatic rings. The number of aliphatic hydroxyl groups is 2.